The fraction of sp³-hybridized carbons (Fsp3) is 0.125. The Hall–Kier alpha value is -2.22. The first-order valence-electron chi connectivity index (χ1n) is 10.2. The number of rotatable bonds is 7. The third kappa shape index (κ3) is 5.70. The van der Waals surface area contributed by atoms with Gasteiger partial charge in [-0.3, -0.25) is 9.36 Å². The van der Waals surface area contributed by atoms with E-state index in [1.54, 1.807) is 30.3 Å². The standard InChI is InChI=1S/C24H18Cl4N4OS/c1-14(29-23(33)18-9-7-16(25)11-20(18)28)22-30-31-24(34-13-15-5-3-2-4-6-15)32(22)21-12-17(26)8-10-19(21)27/h2-12,14H,13H2,1H3,(H,29,33). The van der Waals surface area contributed by atoms with Gasteiger partial charge in [0.1, 0.15) is 0 Å². The van der Waals surface area contributed by atoms with Crippen LogP contribution in [0.1, 0.15) is 34.7 Å². The predicted molar refractivity (Wildman–Crippen MR) is 140 cm³/mol. The van der Waals surface area contributed by atoms with E-state index in [1.807, 2.05) is 41.8 Å². The highest BCUT2D eigenvalue weighted by molar-refractivity contribution is 7.98. The summed E-state index contributed by atoms with van der Waals surface area (Å²) in [5, 5.41) is 14.0. The predicted octanol–water partition coefficient (Wildman–Crippen LogP) is 7.66. The lowest BCUT2D eigenvalue weighted by atomic mass is 10.2. The van der Waals surface area contributed by atoms with Gasteiger partial charge >= 0.3 is 0 Å². The lowest BCUT2D eigenvalue weighted by Gasteiger charge is -2.18. The number of carbonyl (C=O) groups is 1. The Kier molecular flexibility index (Phi) is 8.06. The van der Waals surface area contributed by atoms with Gasteiger partial charge in [0.05, 0.1) is 27.3 Å². The molecule has 0 saturated carbocycles. The van der Waals surface area contributed by atoms with Gasteiger partial charge in [0.15, 0.2) is 11.0 Å². The summed E-state index contributed by atoms with van der Waals surface area (Å²) in [6.45, 7) is 1.81. The van der Waals surface area contributed by atoms with E-state index < -0.39 is 6.04 Å². The number of nitrogens with zero attached hydrogens (tertiary/aromatic N) is 3. The van der Waals surface area contributed by atoms with Crippen molar-refractivity contribution in [3.63, 3.8) is 0 Å². The largest absolute Gasteiger partial charge is 0.342 e. The van der Waals surface area contributed by atoms with Crippen molar-refractivity contribution in [3.05, 3.63) is 104 Å². The molecule has 0 spiro atoms. The van der Waals surface area contributed by atoms with Crippen molar-refractivity contribution in [1.82, 2.24) is 20.1 Å². The number of carbonyl (C=O) groups excluding carboxylic acids is 1. The molecule has 0 fully saturated rings. The molecule has 174 valence electrons. The van der Waals surface area contributed by atoms with Crippen molar-refractivity contribution in [2.45, 2.75) is 23.9 Å². The zero-order chi connectivity index (χ0) is 24.2. The third-order valence-corrected chi connectivity index (χ3v) is 7.03. The first-order valence-corrected chi connectivity index (χ1v) is 12.7. The minimum Gasteiger partial charge on any atom is -0.342 e. The summed E-state index contributed by atoms with van der Waals surface area (Å²) in [6, 6.07) is 19.4. The minimum absolute atomic E-state index is 0.260. The van der Waals surface area contributed by atoms with E-state index in [2.05, 4.69) is 15.5 Å². The van der Waals surface area contributed by atoms with Crippen LogP contribution in [-0.2, 0) is 5.75 Å². The molecule has 0 aliphatic carbocycles. The van der Waals surface area contributed by atoms with Crippen molar-refractivity contribution in [3.8, 4) is 5.69 Å². The van der Waals surface area contributed by atoms with Crippen LogP contribution in [0.25, 0.3) is 5.69 Å². The van der Waals surface area contributed by atoms with Crippen molar-refractivity contribution in [2.75, 3.05) is 0 Å². The van der Waals surface area contributed by atoms with Gasteiger partial charge in [0.25, 0.3) is 5.91 Å². The average molecular weight is 552 g/mol. The second kappa shape index (κ2) is 11.0. The van der Waals surface area contributed by atoms with Crippen molar-refractivity contribution >= 4 is 64.1 Å². The molecule has 3 aromatic carbocycles. The molecule has 1 N–H and O–H groups in total. The van der Waals surface area contributed by atoms with E-state index in [9.17, 15) is 4.79 Å². The maximum absolute atomic E-state index is 12.9. The SMILES string of the molecule is CC(NC(=O)c1ccc(Cl)cc1Cl)c1nnc(SCc2ccccc2)n1-c1cc(Cl)ccc1Cl. The van der Waals surface area contributed by atoms with Crippen LogP contribution in [-0.4, -0.2) is 20.7 Å². The Bertz CT molecular complexity index is 1330. The molecule has 1 amide bonds. The van der Waals surface area contributed by atoms with Gasteiger partial charge in [-0.05, 0) is 48.9 Å². The lowest BCUT2D eigenvalue weighted by molar-refractivity contribution is 0.0938. The molecule has 1 aromatic heterocycles. The van der Waals surface area contributed by atoms with Crippen LogP contribution >= 0.6 is 58.2 Å². The van der Waals surface area contributed by atoms with Crippen LogP contribution in [0.5, 0.6) is 0 Å². The smallest absolute Gasteiger partial charge is 0.253 e. The summed E-state index contributed by atoms with van der Waals surface area (Å²) < 4.78 is 1.82. The molecule has 0 aliphatic rings. The van der Waals surface area contributed by atoms with Gasteiger partial charge in [-0.1, -0.05) is 88.5 Å². The summed E-state index contributed by atoms with van der Waals surface area (Å²) in [4.78, 5) is 12.9. The Morgan fingerprint density at radius 2 is 1.65 bits per heavy atom. The fourth-order valence-electron chi connectivity index (χ4n) is 3.27. The zero-order valence-electron chi connectivity index (χ0n) is 17.8. The number of hydrogen-bond donors (Lipinski definition) is 1. The molecule has 34 heavy (non-hydrogen) atoms. The lowest BCUT2D eigenvalue weighted by Crippen LogP contribution is -2.29. The molecule has 4 aromatic rings. The summed E-state index contributed by atoms with van der Waals surface area (Å²) in [5.74, 6) is 0.815. The molecule has 0 aliphatic heterocycles. The van der Waals surface area contributed by atoms with E-state index in [0.29, 0.717) is 43.1 Å². The van der Waals surface area contributed by atoms with Crippen LogP contribution in [0.3, 0.4) is 0 Å². The van der Waals surface area contributed by atoms with Crippen molar-refractivity contribution in [2.24, 2.45) is 0 Å². The van der Waals surface area contributed by atoms with Crippen LogP contribution in [0.15, 0.2) is 71.9 Å². The number of halogens is 4. The van der Waals surface area contributed by atoms with Crippen LogP contribution in [0.4, 0.5) is 0 Å². The molecule has 0 bridgehead atoms. The van der Waals surface area contributed by atoms with E-state index in [0.717, 1.165) is 5.56 Å². The highest BCUT2D eigenvalue weighted by Gasteiger charge is 2.24. The number of hydrogen-bond acceptors (Lipinski definition) is 4. The Morgan fingerprint density at radius 1 is 0.941 bits per heavy atom. The number of nitrogens with one attached hydrogen (secondary N) is 1. The highest BCUT2D eigenvalue weighted by atomic mass is 35.5. The molecule has 10 heteroatoms. The summed E-state index contributed by atoms with van der Waals surface area (Å²) in [7, 11) is 0. The molecule has 0 radical (unpaired) electrons. The maximum atomic E-state index is 12.9. The van der Waals surface area contributed by atoms with E-state index >= 15 is 0 Å². The number of thioether (sulfide) groups is 1. The first kappa shape index (κ1) is 24.9. The van der Waals surface area contributed by atoms with Crippen LogP contribution in [0.2, 0.25) is 20.1 Å². The maximum Gasteiger partial charge on any atom is 0.253 e. The summed E-state index contributed by atoms with van der Waals surface area (Å²) in [6.07, 6.45) is 0. The third-order valence-electron chi connectivity index (χ3n) is 4.93. The number of benzene rings is 3. The van der Waals surface area contributed by atoms with Gasteiger partial charge in [-0.25, -0.2) is 0 Å². The molecule has 1 unspecified atom stereocenters. The fourth-order valence-corrected chi connectivity index (χ4v) is 5.04. The van der Waals surface area contributed by atoms with Gasteiger partial charge in [-0.2, -0.15) is 0 Å². The number of aromatic nitrogens is 3. The second-order valence-corrected chi connectivity index (χ2v) is 10.00. The van der Waals surface area contributed by atoms with Crippen LogP contribution in [0, 0.1) is 0 Å². The van der Waals surface area contributed by atoms with Crippen molar-refractivity contribution < 1.29 is 4.79 Å². The zero-order valence-corrected chi connectivity index (χ0v) is 21.6. The van der Waals surface area contributed by atoms with Crippen molar-refractivity contribution in [1.29, 1.82) is 0 Å². The molecule has 4 rings (SSSR count). The van der Waals surface area contributed by atoms with Gasteiger partial charge < -0.3 is 5.32 Å². The Balaban J connectivity index is 1.67. The molecule has 1 heterocycles. The minimum atomic E-state index is -0.520. The van der Waals surface area contributed by atoms with E-state index in [1.165, 1.54) is 17.8 Å². The summed E-state index contributed by atoms with van der Waals surface area (Å²) >= 11 is 26.5. The van der Waals surface area contributed by atoms with E-state index in [4.69, 9.17) is 46.4 Å². The molecule has 0 saturated heterocycles. The normalized spacial score (nSPS) is 11.9. The monoisotopic (exact) mass is 550 g/mol. The molecular weight excluding hydrogens is 534 g/mol. The quantitative estimate of drug-likeness (QED) is 0.239. The first-order chi connectivity index (χ1) is 16.3. The van der Waals surface area contributed by atoms with Gasteiger partial charge in [0, 0.05) is 15.8 Å². The highest BCUT2D eigenvalue weighted by Crippen LogP contribution is 2.32. The topological polar surface area (TPSA) is 59.8 Å². The summed E-state index contributed by atoms with van der Waals surface area (Å²) in [5.41, 5.74) is 2.07. The molecular formula is C24H18Cl4N4OS. The average Bonchev–Trinajstić information content (AvgIpc) is 3.23. The molecule has 5 nitrogen and oxygen atoms in total. The second-order valence-electron chi connectivity index (χ2n) is 7.37. The Morgan fingerprint density at radius 3 is 2.38 bits per heavy atom. The molecule has 1 atom stereocenters. The van der Waals surface area contributed by atoms with Gasteiger partial charge in [-0.15, -0.1) is 10.2 Å². The van der Waals surface area contributed by atoms with E-state index in [-0.39, 0.29) is 10.9 Å². The van der Waals surface area contributed by atoms with Crippen LogP contribution < -0.4 is 5.32 Å². The van der Waals surface area contributed by atoms with Gasteiger partial charge in [0.2, 0.25) is 0 Å². The Labute approximate surface area is 221 Å². The number of amides is 1.